The summed E-state index contributed by atoms with van der Waals surface area (Å²) in [6.45, 7) is 1.90. The molecule has 0 fully saturated rings. The van der Waals surface area contributed by atoms with E-state index in [4.69, 9.17) is 5.11 Å². The molecule has 13 heavy (non-hydrogen) atoms. The number of hydrogen-bond acceptors (Lipinski definition) is 1. The van der Waals surface area contributed by atoms with Crippen molar-refractivity contribution < 1.29 is 14.3 Å². The van der Waals surface area contributed by atoms with Gasteiger partial charge < -0.3 is 5.11 Å². The van der Waals surface area contributed by atoms with Crippen LogP contribution in [0.3, 0.4) is 0 Å². The van der Waals surface area contributed by atoms with E-state index >= 15 is 0 Å². The third-order valence-corrected chi connectivity index (χ3v) is 1.78. The van der Waals surface area contributed by atoms with Crippen LogP contribution >= 0.6 is 0 Å². The largest absolute Gasteiger partial charge is 0.481 e. The summed E-state index contributed by atoms with van der Waals surface area (Å²) < 4.78 is 12.9. The van der Waals surface area contributed by atoms with Crippen LogP contribution in [0.2, 0.25) is 0 Å². The molecule has 0 aliphatic heterocycles. The smallest absolute Gasteiger partial charge is 0.307 e. The molecule has 0 heterocycles. The average Bonchev–Trinajstić information content (AvgIpc) is 2.01. The summed E-state index contributed by atoms with van der Waals surface area (Å²) in [7, 11) is 0. The molecule has 0 aliphatic rings. The summed E-state index contributed by atoms with van der Waals surface area (Å²) in [6, 6.07) is 4.40. The molecule has 0 unspecified atom stereocenters. The van der Waals surface area contributed by atoms with Crippen LogP contribution in [-0.2, 0) is 17.6 Å². The zero-order chi connectivity index (χ0) is 9.84. The van der Waals surface area contributed by atoms with Crippen LogP contribution in [0.15, 0.2) is 18.2 Å². The molecule has 0 saturated heterocycles. The summed E-state index contributed by atoms with van der Waals surface area (Å²) in [6.07, 6.45) is 0.592. The highest BCUT2D eigenvalue weighted by Gasteiger charge is 2.03. The Balaban J connectivity index is 2.94. The summed E-state index contributed by atoms with van der Waals surface area (Å²) in [5, 5.41) is 8.50. The van der Waals surface area contributed by atoms with Crippen LogP contribution in [0.5, 0.6) is 0 Å². The Morgan fingerprint density at radius 3 is 2.54 bits per heavy atom. The maximum Gasteiger partial charge on any atom is 0.307 e. The third-order valence-electron chi connectivity index (χ3n) is 1.78. The number of aliphatic carboxylic acids is 1. The summed E-state index contributed by atoms with van der Waals surface area (Å²) in [4.78, 5) is 10.4. The first kappa shape index (κ1) is 9.71. The van der Waals surface area contributed by atoms with Crippen molar-refractivity contribution in [1.82, 2.24) is 0 Å². The molecule has 1 aromatic carbocycles. The van der Waals surface area contributed by atoms with Gasteiger partial charge in [-0.25, -0.2) is 4.39 Å². The SMILES string of the molecule is CCc1cc(F)cc(CC(=O)O)c1. The standard InChI is InChI=1S/C10H11FO2/c1-2-7-3-8(6-10(12)13)5-9(11)4-7/h3-5H,2,6H2,1H3,(H,12,13). The monoisotopic (exact) mass is 182 g/mol. The van der Waals surface area contributed by atoms with Gasteiger partial charge in [0.25, 0.3) is 0 Å². The predicted octanol–water partition coefficient (Wildman–Crippen LogP) is 2.02. The number of carboxylic acid groups (broad SMARTS) is 1. The molecule has 0 saturated carbocycles. The molecule has 0 aromatic heterocycles. The molecule has 0 bridgehead atoms. The van der Waals surface area contributed by atoms with Gasteiger partial charge in [0.1, 0.15) is 5.82 Å². The second-order valence-corrected chi connectivity index (χ2v) is 2.89. The summed E-state index contributed by atoms with van der Waals surface area (Å²) >= 11 is 0. The van der Waals surface area contributed by atoms with Crippen molar-refractivity contribution in [3.63, 3.8) is 0 Å². The van der Waals surface area contributed by atoms with Gasteiger partial charge in [-0.05, 0) is 29.7 Å². The third kappa shape index (κ3) is 2.86. The van der Waals surface area contributed by atoms with E-state index in [-0.39, 0.29) is 12.2 Å². The van der Waals surface area contributed by atoms with Gasteiger partial charge in [0.15, 0.2) is 0 Å². The van der Waals surface area contributed by atoms with E-state index in [2.05, 4.69) is 0 Å². The van der Waals surface area contributed by atoms with Crippen LogP contribution in [0.1, 0.15) is 18.1 Å². The van der Waals surface area contributed by atoms with Crippen molar-refractivity contribution in [3.8, 4) is 0 Å². The lowest BCUT2D eigenvalue weighted by Gasteiger charge is -2.01. The lowest BCUT2D eigenvalue weighted by Crippen LogP contribution is -2.01. The minimum atomic E-state index is -0.937. The van der Waals surface area contributed by atoms with Gasteiger partial charge in [-0.2, -0.15) is 0 Å². The highest BCUT2D eigenvalue weighted by molar-refractivity contribution is 5.70. The molecule has 70 valence electrons. The second kappa shape index (κ2) is 4.03. The van der Waals surface area contributed by atoms with E-state index in [1.807, 2.05) is 6.92 Å². The van der Waals surface area contributed by atoms with Crippen molar-refractivity contribution in [1.29, 1.82) is 0 Å². The van der Waals surface area contributed by atoms with Gasteiger partial charge in [-0.1, -0.05) is 13.0 Å². The van der Waals surface area contributed by atoms with Gasteiger partial charge in [0.05, 0.1) is 6.42 Å². The number of carboxylic acids is 1. The van der Waals surface area contributed by atoms with Crippen molar-refractivity contribution in [3.05, 3.63) is 35.1 Å². The molecule has 1 rings (SSSR count). The fourth-order valence-corrected chi connectivity index (χ4v) is 1.20. The highest BCUT2D eigenvalue weighted by atomic mass is 19.1. The van der Waals surface area contributed by atoms with Crippen molar-refractivity contribution in [2.24, 2.45) is 0 Å². The van der Waals surface area contributed by atoms with E-state index < -0.39 is 5.97 Å². The lowest BCUT2D eigenvalue weighted by atomic mass is 10.1. The maximum absolute atomic E-state index is 12.9. The average molecular weight is 182 g/mol. The van der Waals surface area contributed by atoms with E-state index in [1.54, 1.807) is 6.07 Å². The first-order valence-electron chi connectivity index (χ1n) is 4.12. The normalized spacial score (nSPS) is 10.0. The molecule has 3 heteroatoms. The number of halogens is 1. The molecule has 0 spiro atoms. The van der Waals surface area contributed by atoms with Crippen molar-refractivity contribution in [2.75, 3.05) is 0 Å². The Morgan fingerprint density at radius 1 is 1.38 bits per heavy atom. The van der Waals surface area contributed by atoms with Gasteiger partial charge >= 0.3 is 5.97 Å². The maximum atomic E-state index is 12.9. The van der Waals surface area contributed by atoms with E-state index in [0.717, 1.165) is 5.56 Å². The summed E-state index contributed by atoms with van der Waals surface area (Å²) in [5.74, 6) is -1.30. The Hall–Kier alpha value is -1.38. The minimum Gasteiger partial charge on any atom is -0.481 e. The zero-order valence-corrected chi connectivity index (χ0v) is 7.38. The molecular formula is C10H11FO2. The van der Waals surface area contributed by atoms with E-state index in [9.17, 15) is 9.18 Å². The Kier molecular flexibility index (Phi) is 3.01. The number of carbonyl (C=O) groups is 1. The van der Waals surface area contributed by atoms with Gasteiger partial charge in [0, 0.05) is 0 Å². The number of rotatable bonds is 3. The van der Waals surface area contributed by atoms with Crippen LogP contribution < -0.4 is 0 Å². The Labute approximate surface area is 76.0 Å². The van der Waals surface area contributed by atoms with Crippen molar-refractivity contribution >= 4 is 5.97 Å². The zero-order valence-electron chi connectivity index (χ0n) is 7.38. The number of hydrogen-bond donors (Lipinski definition) is 1. The molecule has 1 N–H and O–H groups in total. The van der Waals surface area contributed by atoms with Crippen LogP contribution in [0, 0.1) is 5.82 Å². The van der Waals surface area contributed by atoms with E-state index in [0.29, 0.717) is 12.0 Å². The van der Waals surface area contributed by atoms with E-state index in [1.165, 1.54) is 12.1 Å². The minimum absolute atomic E-state index is 0.120. The Morgan fingerprint density at radius 2 is 2.00 bits per heavy atom. The number of benzene rings is 1. The topological polar surface area (TPSA) is 37.3 Å². The molecule has 0 aliphatic carbocycles. The molecular weight excluding hydrogens is 171 g/mol. The van der Waals surface area contributed by atoms with Gasteiger partial charge in [-0.3, -0.25) is 4.79 Å². The quantitative estimate of drug-likeness (QED) is 0.776. The van der Waals surface area contributed by atoms with Crippen LogP contribution in [0.25, 0.3) is 0 Å². The second-order valence-electron chi connectivity index (χ2n) is 2.89. The molecule has 0 atom stereocenters. The van der Waals surface area contributed by atoms with Crippen LogP contribution in [0.4, 0.5) is 4.39 Å². The molecule has 0 radical (unpaired) electrons. The predicted molar refractivity (Wildman–Crippen MR) is 47.1 cm³/mol. The highest BCUT2D eigenvalue weighted by Crippen LogP contribution is 2.10. The molecule has 0 amide bonds. The summed E-state index contributed by atoms with van der Waals surface area (Å²) in [5.41, 5.74) is 1.35. The molecule has 2 nitrogen and oxygen atoms in total. The molecule has 1 aromatic rings. The fourth-order valence-electron chi connectivity index (χ4n) is 1.20. The first-order valence-corrected chi connectivity index (χ1v) is 4.12. The van der Waals surface area contributed by atoms with Gasteiger partial charge in [0.2, 0.25) is 0 Å². The number of aryl methyl sites for hydroxylation is 1. The Bertz CT molecular complexity index is 321. The lowest BCUT2D eigenvalue weighted by molar-refractivity contribution is -0.136. The first-order chi connectivity index (χ1) is 6.11. The van der Waals surface area contributed by atoms with Crippen LogP contribution in [-0.4, -0.2) is 11.1 Å². The van der Waals surface area contributed by atoms with Gasteiger partial charge in [-0.15, -0.1) is 0 Å². The van der Waals surface area contributed by atoms with Crippen molar-refractivity contribution in [2.45, 2.75) is 19.8 Å². The fraction of sp³-hybridized carbons (Fsp3) is 0.300.